The van der Waals surface area contributed by atoms with Gasteiger partial charge in [-0.1, -0.05) is 32.4 Å². The molecule has 21 heavy (non-hydrogen) atoms. The second kappa shape index (κ2) is 7.48. The van der Waals surface area contributed by atoms with Crippen molar-refractivity contribution in [2.45, 2.75) is 33.7 Å². The average molecular weight is 309 g/mol. The van der Waals surface area contributed by atoms with Gasteiger partial charge in [0, 0.05) is 11.6 Å². The maximum Gasteiger partial charge on any atom is 0.399 e. The van der Waals surface area contributed by atoms with E-state index in [-0.39, 0.29) is 6.08 Å². The van der Waals surface area contributed by atoms with E-state index in [1.165, 1.54) is 0 Å². The summed E-state index contributed by atoms with van der Waals surface area (Å²) in [6, 6.07) is 5.54. The van der Waals surface area contributed by atoms with E-state index in [0.29, 0.717) is 18.2 Å². The molecule has 0 amide bonds. The molecule has 0 bridgehead atoms. The fourth-order valence-corrected chi connectivity index (χ4v) is 2.14. The van der Waals surface area contributed by atoms with Gasteiger partial charge in [0.1, 0.15) is 12.0 Å². The monoisotopic (exact) mass is 308 g/mol. The van der Waals surface area contributed by atoms with E-state index in [0.717, 1.165) is 29.2 Å². The summed E-state index contributed by atoms with van der Waals surface area (Å²) in [5, 5.41) is 4.05. The lowest BCUT2D eigenvalue weighted by Gasteiger charge is -2.05. The molecule has 0 spiro atoms. The molecule has 1 N–H and O–H groups in total. The van der Waals surface area contributed by atoms with Crippen LogP contribution in [0.2, 0.25) is 5.02 Å². The van der Waals surface area contributed by atoms with Crippen LogP contribution in [0.5, 0.6) is 11.8 Å². The largest absolute Gasteiger partial charge is 0.417 e. The Morgan fingerprint density at radius 3 is 2.90 bits per heavy atom. The Kier molecular flexibility index (Phi) is 5.65. The Bertz CT molecular complexity index is 581. The molecular formula is C16H21ClN2O2. The van der Waals surface area contributed by atoms with E-state index in [1.54, 1.807) is 6.26 Å². The van der Waals surface area contributed by atoms with Crippen LogP contribution in [0, 0.1) is 5.92 Å². The number of benzene rings is 1. The van der Waals surface area contributed by atoms with Crippen LogP contribution in [0.3, 0.4) is 0 Å². The lowest BCUT2D eigenvalue weighted by Crippen LogP contribution is -2.19. The Morgan fingerprint density at radius 2 is 2.19 bits per heavy atom. The van der Waals surface area contributed by atoms with Gasteiger partial charge in [-0.2, -0.15) is 4.98 Å². The molecule has 1 aromatic heterocycles. The Morgan fingerprint density at radius 1 is 1.38 bits per heavy atom. The molecule has 0 aliphatic heterocycles. The molecule has 0 aliphatic rings. The van der Waals surface area contributed by atoms with Gasteiger partial charge in [0.2, 0.25) is 0 Å². The van der Waals surface area contributed by atoms with Crippen molar-refractivity contribution in [2.24, 2.45) is 5.92 Å². The zero-order valence-electron chi connectivity index (χ0n) is 12.6. The van der Waals surface area contributed by atoms with Crippen molar-refractivity contribution >= 4 is 11.6 Å². The number of nitrogens with one attached hydrogen (secondary N) is 1. The van der Waals surface area contributed by atoms with Gasteiger partial charge in [0.25, 0.3) is 0 Å². The molecule has 0 saturated carbocycles. The van der Waals surface area contributed by atoms with Gasteiger partial charge in [-0.05, 0) is 42.6 Å². The van der Waals surface area contributed by atoms with Gasteiger partial charge >= 0.3 is 6.08 Å². The lowest BCUT2D eigenvalue weighted by molar-refractivity contribution is 0.330. The minimum atomic E-state index is 0.251. The second-order valence-corrected chi connectivity index (χ2v) is 5.75. The molecule has 0 aliphatic carbocycles. The van der Waals surface area contributed by atoms with Crippen LogP contribution in [-0.4, -0.2) is 11.5 Å². The number of hydrogen-bond donors (Lipinski definition) is 1. The van der Waals surface area contributed by atoms with Crippen molar-refractivity contribution in [3.05, 3.63) is 40.7 Å². The summed E-state index contributed by atoms with van der Waals surface area (Å²) < 4.78 is 10.9. The first-order valence-corrected chi connectivity index (χ1v) is 7.57. The summed E-state index contributed by atoms with van der Waals surface area (Å²) in [6.45, 7) is 7.99. The second-order valence-electron chi connectivity index (χ2n) is 5.34. The zero-order chi connectivity index (χ0) is 15.2. The van der Waals surface area contributed by atoms with Gasteiger partial charge < -0.3 is 14.5 Å². The topological polar surface area (TPSA) is 47.3 Å². The highest BCUT2D eigenvalue weighted by Gasteiger charge is 2.08. The van der Waals surface area contributed by atoms with Crippen LogP contribution in [0.1, 0.15) is 32.0 Å². The molecule has 0 saturated heterocycles. The van der Waals surface area contributed by atoms with Gasteiger partial charge in [-0.25, -0.2) is 0 Å². The quantitative estimate of drug-likeness (QED) is 0.822. The first-order valence-electron chi connectivity index (χ1n) is 7.20. The van der Waals surface area contributed by atoms with E-state index in [2.05, 4.69) is 31.1 Å². The SMILES string of the molecule is CCc1cc(Oc2nc(CNCC(C)C)co2)ccc1Cl. The molecule has 1 heterocycles. The number of hydrogen-bond acceptors (Lipinski definition) is 4. The Balaban J connectivity index is 1.96. The molecule has 5 heteroatoms. The first kappa shape index (κ1) is 15.9. The fourth-order valence-electron chi connectivity index (χ4n) is 1.89. The van der Waals surface area contributed by atoms with Crippen molar-refractivity contribution in [3.63, 3.8) is 0 Å². The highest BCUT2D eigenvalue weighted by molar-refractivity contribution is 6.31. The molecule has 2 rings (SSSR count). The summed E-state index contributed by atoms with van der Waals surface area (Å²) in [4.78, 5) is 4.30. The summed E-state index contributed by atoms with van der Waals surface area (Å²) in [6.07, 6.45) is 2.71. The lowest BCUT2D eigenvalue weighted by atomic mass is 10.2. The zero-order valence-corrected chi connectivity index (χ0v) is 13.4. The number of rotatable bonds is 7. The van der Waals surface area contributed by atoms with Crippen LogP contribution in [0.15, 0.2) is 28.9 Å². The maximum absolute atomic E-state index is 6.08. The van der Waals surface area contributed by atoms with Gasteiger partial charge in [-0.15, -0.1) is 0 Å². The fraction of sp³-hybridized carbons (Fsp3) is 0.438. The van der Waals surface area contributed by atoms with Crippen molar-refractivity contribution in [1.29, 1.82) is 0 Å². The van der Waals surface area contributed by atoms with E-state index in [4.69, 9.17) is 20.8 Å². The standard InChI is InChI=1S/C16H21ClN2O2/c1-4-12-7-14(5-6-15(12)17)21-16-19-13(10-20-16)9-18-8-11(2)3/h5-7,10-11,18H,4,8-9H2,1-3H3. The molecule has 114 valence electrons. The van der Waals surface area contributed by atoms with Crippen LogP contribution >= 0.6 is 11.6 Å². The van der Waals surface area contributed by atoms with Crippen LogP contribution < -0.4 is 10.1 Å². The number of aryl methyl sites for hydroxylation is 1. The van der Waals surface area contributed by atoms with Crippen molar-refractivity contribution < 1.29 is 9.15 Å². The first-order chi connectivity index (χ1) is 10.1. The number of ether oxygens (including phenoxy) is 1. The highest BCUT2D eigenvalue weighted by atomic mass is 35.5. The van der Waals surface area contributed by atoms with Crippen molar-refractivity contribution in [1.82, 2.24) is 10.3 Å². The molecule has 1 aromatic carbocycles. The molecule has 2 aromatic rings. The van der Waals surface area contributed by atoms with Gasteiger partial charge in [-0.3, -0.25) is 0 Å². The highest BCUT2D eigenvalue weighted by Crippen LogP contribution is 2.26. The summed E-state index contributed by atoms with van der Waals surface area (Å²) in [5.41, 5.74) is 1.87. The van der Waals surface area contributed by atoms with E-state index in [1.807, 2.05) is 18.2 Å². The van der Waals surface area contributed by atoms with Crippen molar-refractivity contribution in [2.75, 3.05) is 6.54 Å². The van der Waals surface area contributed by atoms with Gasteiger partial charge in [0.05, 0.1) is 5.69 Å². The number of nitrogens with zero attached hydrogens (tertiary/aromatic N) is 1. The number of halogens is 1. The third kappa shape index (κ3) is 4.76. The summed E-state index contributed by atoms with van der Waals surface area (Å²) in [7, 11) is 0. The summed E-state index contributed by atoms with van der Waals surface area (Å²) in [5.74, 6) is 1.29. The molecule has 0 atom stereocenters. The van der Waals surface area contributed by atoms with Gasteiger partial charge in [0.15, 0.2) is 0 Å². The van der Waals surface area contributed by atoms with Crippen molar-refractivity contribution in [3.8, 4) is 11.8 Å². The average Bonchev–Trinajstić information content (AvgIpc) is 2.88. The molecule has 0 fully saturated rings. The van der Waals surface area contributed by atoms with Crippen LogP contribution in [-0.2, 0) is 13.0 Å². The smallest absolute Gasteiger partial charge is 0.399 e. The third-order valence-electron chi connectivity index (χ3n) is 2.99. The predicted octanol–water partition coefficient (Wildman–Crippen LogP) is 4.43. The molecular weight excluding hydrogens is 288 g/mol. The number of aromatic nitrogens is 1. The summed E-state index contributed by atoms with van der Waals surface area (Å²) >= 11 is 6.08. The predicted molar refractivity (Wildman–Crippen MR) is 84.0 cm³/mol. The van der Waals surface area contributed by atoms with E-state index < -0.39 is 0 Å². The van der Waals surface area contributed by atoms with E-state index in [9.17, 15) is 0 Å². The minimum Gasteiger partial charge on any atom is -0.417 e. The minimum absolute atomic E-state index is 0.251. The van der Waals surface area contributed by atoms with Crippen LogP contribution in [0.25, 0.3) is 0 Å². The normalized spacial score (nSPS) is 11.1. The number of oxazole rings is 1. The third-order valence-corrected chi connectivity index (χ3v) is 3.36. The Labute approximate surface area is 130 Å². The maximum atomic E-state index is 6.08. The molecule has 4 nitrogen and oxygen atoms in total. The van der Waals surface area contributed by atoms with E-state index >= 15 is 0 Å². The molecule has 0 radical (unpaired) electrons. The molecule has 0 unspecified atom stereocenters. The van der Waals surface area contributed by atoms with Crippen LogP contribution in [0.4, 0.5) is 0 Å². The Hall–Kier alpha value is -1.52.